The predicted molar refractivity (Wildman–Crippen MR) is 66.1 cm³/mol. The summed E-state index contributed by atoms with van der Waals surface area (Å²) in [5, 5.41) is 9.33. The van der Waals surface area contributed by atoms with Crippen molar-refractivity contribution in [3.63, 3.8) is 0 Å². The molecule has 0 aliphatic rings. The van der Waals surface area contributed by atoms with E-state index in [0.717, 1.165) is 11.2 Å². The van der Waals surface area contributed by atoms with Gasteiger partial charge in [0.05, 0.1) is 5.75 Å². The van der Waals surface area contributed by atoms with Crippen molar-refractivity contribution in [1.29, 1.82) is 0 Å². The van der Waals surface area contributed by atoms with Crippen molar-refractivity contribution >= 4 is 28.9 Å². The number of allylic oxidation sites excluding steroid dienone is 1. The number of hydrogen-bond acceptors (Lipinski definition) is 4. The lowest BCUT2D eigenvalue weighted by Gasteiger charge is -2.03. The van der Waals surface area contributed by atoms with Crippen molar-refractivity contribution in [2.24, 2.45) is 0 Å². The van der Waals surface area contributed by atoms with Gasteiger partial charge < -0.3 is 5.11 Å². The van der Waals surface area contributed by atoms with E-state index >= 15 is 0 Å². The predicted octanol–water partition coefficient (Wildman–Crippen LogP) is 1.79. The van der Waals surface area contributed by atoms with E-state index in [-0.39, 0.29) is 5.75 Å². The number of pyridine rings is 1. The molecule has 0 unspecified atom stereocenters. The quantitative estimate of drug-likeness (QED) is 0.646. The average Bonchev–Trinajstić information content (AvgIpc) is 2.66. The lowest BCUT2D eigenvalue weighted by Crippen LogP contribution is -2.02. The van der Waals surface area contributed by atoms with Crippen LogP contribution in [0.5, 0.6) is 0 Å². The zero-order chi connectivity index (χ0) is 12.3. The maximum atomic E-state index is 10.6. The highest BCUT2D eigenvalue weighted by Gasteiger charge is 2.12. The number of aromatic nitrogens is 3. The third-order valence-corrected chi connectivity index (χ3v) is 3.07. The summed E-state index contributed by atoms with van der Waals surface area (Å²) in [4.78, 5) is 19.2. The van der Waals surface area contributed by atoms with Crippen LogP contribution in [-0.2, 0) is 11.3 Å². The normalized spacial score (nSPS) is 10.6. The molecule has 0 amide bonds. The van der Waals surface area contributed by atoms with Crippen LogP contribution in [0.15, 0.2) is 36.1 Å². The van der Waals surface area contributed by atoms with Crippen molar-refractivity contribution in [3.8, 4) is 0 Å². The molecule has 0 fully saturated rings. The summed E-state index contributed by atoms with van der Waals surface area (Å²) in [6, 6.07) is 3.66. The molecule has 6 heteroatoms. The number of rotatable bonds is 5. The van der Waals surface area contributed by atoms with Crippen LogP contribution in [0.25, 0.3) is 11.2 Å². The largest absolute Gasteiger partial charge is 0.481 e. The highest BCUT2D eigenvalue weighted by Crippen LogP contribution is 2.22. The van der Waals surface area contributed by atoms with Crippen LogP contribution in [-0.4, -0.2) is 31.4 Å². The topological polar surface area (TPSA) is 68.0 Å². The molecule has 2 heterocycles. The standard InChI is InChI=1S/C11H11N3O2S/c1-2-6-14-10-8(4-3-5-12-10)13-11(14)17-7-9(15)16/h2-5H,1,6-7H2,(H,15,16). The Morgan fingerprint density at radius 3 is 3.18 bits per heavy atom. The van der Waals surface area contributed by atoms with Gasteiger partial charge in [-0.3, -0.25) is 9.36 Å². The number of nitrogens with zero attached hydrogens (tertiary/aromatic N) is 3. The van der Waals surface area contributed by atoms with E-state index < -0.39 is 5.97 Å². The third kappa shape index (κ3) is 2.47. The first kappa shape index (κ1) is 11.7. The summed E-state index contributed by atoms with van der Waals surface area (Å²) < 4.78 is 1.86. The minimum Gasteiger partial charge on any atom is -0.481 e. The molecular weight excluding hydrogens is 238 g/mol. The van der Waals surface area contributed by atoms with Crippen LogP contribution in [0.4, 0.5) is 0 Å². The van der Waals surface area contributed by atoms with Crippen LogP contribution in [0.3, 0.4) is 0 Å². The first-order chi connectivity index (χ1) is 8.22. The molecule has 0 aliphatic heterocycles. The van der Waals surface area contributed by atoms with Gasteiger partial charge in [0, 0.05) is 12.7 Å². The van der Waals surface area contributed by atoms with Gasteiger partial charge in [-0.05, 0) is 12.1 Å². The van der Waals surface area contributed by atoms with Crippen LogP contribution >= 0.6 is 11.8 Å². The second-order valence-electron chi connectivity index (χ2n) is 3.32. The minimum absolute atomic E-state index is 0.0134. The molecular formula is C11H11N3O2S. The molecule has 1 N–H and O–H groups in total. The second-order valence-corrected chi connectivity index (χ2v) is 4.26. The van der Waals surface area contributed by atoms with Crippen molar-refractivity contribution in [2.75, 3.05) is 5.75 Å². The Morgan fingerprint density at radius 2 is 2.47 bits per heavy atom. The van der Waals surface area contributed by atoms with Crippen LogP contribution in [0, 0.1) is 0 Å². The first-order valence-electron chi connectivity index (χ1n) is 4.99. The maximum Gasteiger partial charge on any atom is 0.313 e. The SMILES string of the molecule is C=CCn1c(SCC(=O)O)nc2cccnc21. The van der Waals surface area contributed by atoms with Gasteiger partial charge in [-0.1, -0.05) is 17.8 Å². The summed E-state index contributed by atoms with van der Waals surface area (Å²) >= 11 is 1.19. The van der Waals surface area contributed by atoms with Crippen LogP contribution in [0.1, 0.15) is 0 Å². The van der Waals surface area contributed by atoms with Gasteiger partial charge in [0.1, 0.15) is 5.52 Å². The van der Waals surface area contributed by atoms with Gasteiger partial charge >= 0.3 is 5.97 Å². The lowest BCUT2D eigenvalue weighted by atomic mass is 10.4. The highest BCUT2D eigenvalue weighted by molar-refractivity contribution is 7.99. The van der Waals surface area contributed by atoms with E-state index in [0.29, 0.717) is 11.7 Å². The van der Waals surface area contributed by atoms with E-state index in [2.05, 4.69) is 16.5 Å². The Morgan fingerprint density at radius 1 is 1.65 bits per heavy atom. The number of carbonyl (C=O) groups is 1. The molecule has 2 rings (SSSR count). The molecule has 0 saturated carbocycles. The molecule has 5 nitrogen and oxygen atoms in total. The van der Waals surface area contributed by atoms with Crippen molar-refractivity contribution in [3.05, 3.63) is 31.0 Å². The molecule has 0 aliphatic carbocycles. The smallest absolute Gasteiger partial charge is 0.313 e. The Hall–Kier alpha value is -1.82. The molecule has 2 aromatic heterocycles. The molecule has 2 aromatic rings. The number of fused-ring (bicyclic) bond motifs is 1. The van der Waals surface area contributed by atoms with Gasteiger partial charge in [-0.15, -0.1) is 6.58 Å². The van der Waals surface area contributed by atoms with Gasteiger partial charge in [0.2, 0.25) is 0 Å². The zero-order valence-corrected chi connectivity index (χ0v) is 9.85. The fraction of sp³-hybridized carbons (Fsp3) is 0.182. The van der Waals surface area contributed by atoms with Crippen molar-refractivity contribution < 1.29 is 9.90 Å². The van der Waals surface area contributed by atoms with Gasteiger partial charge in [-0.2, -0.15) is 0 Å². The summed E-state index contributed by atoms with van der Waals surface area (Å²) in [5.41, 5.74) is 1.52. The monoisotopic (exact) mass is 249 g/mol. The molecule has 0 bridgehead atoms. The van der Waals surface area contributed by atoms with Crippen LogP contribution < -0.4 is 0 Å². The maximum absolute atomic E-state index is 10.6. The van der Waals surface area contributed by atoms with E-state index in [9.17, 15) is 4.79 Å². The molecule has 0 atom stereocenters. The first-order valence-corrected chi connectivity index (χ1v) is 5.97. The zero-order valence-electron chi connectivity index (χ0n) is 9.04. The second kappa shape index (κ2) is 5.01. The van der Waals surface area contributed by atoms with Gasteiger partial charge in [0.15, 0.2) is 10.8 Å². The van der Waals surface area contributed by atoms with E-state index in [1.807, 2.05) is 10.6 Å². The average molecular weight is 249 g/mol. The number of carboxylic acids is 1. The van der Waals surface area contributed by atoms with Crippen LogP contribution in [0.2, 0.25) is 0 Å². The Kier molecular flexibility index (Phi) is 3.43. The Labute approximate surface area is 102 Å². The molecule has 0 spiro atoms. The Bertz CT molecular complexity index is 565. The molecule has 0 radical (unpaired) electrons. The molecule has 0 saturated heterocycles. The summed E-state index contributed by atoms with van der Waals surface area (Å²) in [5.74, 6) is -0.874. The highest BCUT2D eigenvalue weighted by atomic mass is 32.2. The van der Waals surface area contributed by atoms with Crippen molar-refractivity contribution in [1.82, 2.24) is 14.5 Å². The summed E-state index contributed by atoms with van der Waals surface area (Å²) in [7, 11) is 0. The van der Waals surface area contributed by atoms with Gasteiger partial charge in [-0.25, -0.2) is 9.97 Å². The van der Waals surface area contributed by atoms with Gasteiger partial charge in [0.25, 0.3) is 0 Å². The number of thioether (sulfide) groups is 1. The Balaban J connectivity index is 2.41. The van der Waals surface area contributed by atoms with E-state index in [1.54, 1.807) is 18.3 Å². The molecule has 88 valence electrons. The number of hydrogen-bond donors (Lipinski definition) is 1. The summed E-state index contributed by atoms with van der Waals surface area (Å²) in [6.45, 7) is 4.24. The number of carboxylic acid groups (broad SMARTS) is 1. The molecule has 0 aromatic carbocycles. The lowest BCUT2D eigenvalue weighted by molar-refractivity contribution is -0.133. The van der Waals surface area contributed by atoms with E-state index in [1.165, 1.54) is 11.8 Å². The minimum atomic E-state index is -0.861. The van der Waals surface area contributed by atoms with Crippen molar-refractivity contribution in [2.45, 2.75) is 11.7 Å². The number of imidazole rings is 1. The summed E-state index contributed by atoms with van der Waals surface area (Å²) in [6.07, 6.45) is 3.43. The fourth-order valence-electron chi connectivity index (χ4n) is 1.47. The third-order valence-electron chi connectivity index (χ3n) is 2.11. The van der Waals surface area contributed by atoms with E-state index in [4.69, 9.17) is 5.11 Å². The molecule has 17 heavy (non-hydrogen) atoms. The fourth-order valence-corrected chi connectivity index (χ4v) is 2.20. The number of aliphatic carboxylic acids is 1.